The molecule has 1 saturated carbocycles. The van der Waals surface area contributed by atoms with E-state index in [4.69, 9.17) is 5.11 Å². The van der Waals surface area contributed by atoms with Gasteiger partial charge in [-0.3, -0.25) is 4.79 Å². The van der Waals surface area contributed by atoms with Crippen molar-refractivity contribution in [2.45, 2.75) is 31.5 Å². The molecule has 0 bridgehead atoms. The smallest absolute Gasteiger partial charge is 0.481 e. The van der Waals surface area contributed by atoms with E-state index in [-0.39, 0.29) is 11.7 Å². The number of rotatable bonds is 3. The van der Waals surface area contributed by atoms with Crippen LogP contribution in [0.5, 0.6) is 5.75 Å². The Bertz CT molecular complexity index is 470. The van der Waals surface area contributed by atoms with Crippen molar-refractivity contribution >= 4 is 5.97 Å². The van der Waals surface area contributed by atoms with Crippen molar-refractivity contribution in [3.05, 3.63) is 29.8 Å². The number of hydrogen-bond acceptors (Lipinski definition) is 2. The molecule has 0 radical (unpaired) electrons. The van der Waals surface area contributed by atoms with Crippen LogP contribution < -0.4 is 4.74 Å². The molecule has 1 aromatic carbocycles. The minimum Gasteiger partial charge on any atom is -0.481 e. The molecule has 104 valence electrons. The van der Waals surface area contributed by atoms with Crippen LogP contribution in [0.25, 0.3) is 0 Å². The number of hydrogen-bond donors (Lipinski definition) is 1. The first-order valence-corrected chi connectivity index (χ1v) is 5.95. The summed E-state index contributed by atoms with van der Waals surface area (Å²) in [5.74, 6) is -1.97. The molecular weight excluding hydrogens is 261 g/mol. The molecule has 2 rings (SSSR count). The van der Waals surface area contributed by atoms with Crippen molar-refractivity contribution in [2.75, 3.05) is 0 Å². The molecule has 1 aromatic rings. The van der Waals surface area contributed by atoms with Crippen molar-refractivity contribution in [3.63, 3.8) is 0 Å². The number of halogens is 3. The number of benzene rings is 1. The molecule has 0 aliphatic heterocycles. The second-order valence-electron chi connectivity index (χ2n) is 4.60. The molecule has 2 unspecified atom stereocenters. The monoisotopic (exact) mass is 274 g/mol. The van der Waals surface area contributed by atoms with Crippen LogP contribution in [-0.2, 0) is 4.79 Å². The van der Waals surface area contributed by atoms with Gasteiger partial charge in [0.1, 0.15) is 5.75 Å². The van der Waals surface area contributed by atoms with Crippen LogP contribution >= 0.6 is 0 Å². The Balaban J connectivity index is 2.21. The maximum atomic E-state index is 12.1. The Kier molecular flexibility index (Phi) is 3.68. The first kappa shape index (κ1) is 13.7. The van der Waals surface area contributed by atoms with E-state index in [1.165, 1.54) is 18.2 Å². The molecule has 1 N–H and O–H groups in total. The molecule has 2 atom stereocenters. The van der Waals surface area contributed by atoms with Crippen LogP contribution in [0.2, 0.25) is 0 Å². The van der Waals surface area contributed by atoms with Crippen molar-refractivity contribution in [2.24, 2.45) is 5.92 Å². The molecule has 3 nitrogen and oxygen atoms in total. The van der Waals surface area contributed by atoms with Gasteiger partial charge in [-0.05, 0) is 36.5 Å². The Hall–Kier alpha value is -1.72. The molecule has 0 saturated heterocycles. The summed E-state index contributed by atoms with van der Waals surface area (Å²) < 4.78 is 40.3. The molecule has 1 aliphatic carbocycles. The zero-order valence-electron chi connectivity index (χ0n) is 9.98. The van der Waals surface area contributed by atoms with E-state index < -0.39 is 18.2 Å². The van der Waals surface area contributed by atoms with Gasteiger partial charge in [0, 0.05) is 0 Å². The fourth-order valence-electron chi connectivity index (χ4n) is 2.60. The first-order chi connectivity index (χ1) is 8.87. The van der Waals surface area contributed by atoms with Gasteiger partial charge in [-0.1, -0.05) is 18.6 Å². The van der Waals surface area contributed by atoms with E-state index in [0.29, 0.717) is 18.4 Å². The van der Waals surface area contributed by atoms with Crippen LogP contribution in [0.1, 0.15) is 30.7 Å². The van der Waals surface area contributed by atoms with Gasteiger partial charge in [-0.2, -0.15) is 0 Å². The summed E-state index contributed by atoms with van der Waals surface area (Å²) in [6.07, 6.45) is -2.73. The Morgan fingerprint density at radius 2 is 2.05 bits per heavy atom. The number of carbonyl (C=O) groups is 1. The second-order valence-corrected chi connectivity index (χ2v) is 4.60. The fraction of sp³-hybridized carbons (Fsp3) is 0.462. The lowest BCUT2D eigenvalue weighted by Crippen LogP contribution is -2.18. The first-order valence-electron chi connectivity index (χ1n) is 5.95. The highest BCUT2D eigenvalue weighted by Crippen LogP contribution is 2.40. The second kappa shape index (κ2) is 5.11. The zero-order chi connectivity index (χ0) is 14.0. The maximum Gasteiger partial charge on any atom is 0.573 e. The Labute approximate surface area is 108 Å². The minimum atomic E-state index is -4.74. The van der Waals surface area contributed by atoms with Crippen molar-refractivity contribution in [3.8, 4) is 5.75 Å². The van der Waals surface area contributed by atoms with E-state index in [9.17, 15) is 18.0 Å². The van der Waals surface area contributed by atoms with Crippen molar-refractivity contribution < 1.29 is 27.8 Å². The van der Waals surface area contributed by atoms with E-state index in [1.807, 2.05) is 0 Å². The summed E-state index contributed by atoms with van der Waals surface area (Å²) in [7, 11) is 0. The van der Waals surface area contributed by atoms with Crippen LogP contribution in [0.15, 0.2) is 24.3 Å². The molecule has 1 fully saturated rings. The lowest BCUT2D eigenvalue weighted by Gasteiger charge is -2.17. The van der Waals surface area contributed by atoms with Gasteiger partial charge >= 0.3 is 12.3 Å². The highest BCUT2D eigenvalue weighted by atomic mass is 19.4. The van der Waals surface area contributed by atoms with Crippen molar-refractivity contribution in [1.29, 1.82) is 0 Å². The SMILES string of the molecule is O=C(O)C1CCCC1c1cccc(OC(F)(F)F)c1. The van der Waals surface area contributed by atoms with Crippen LogP contribution in [0.3, 0.4) is 0 Å². The summed E-state index contributed by atoms with van der Waals surface area (Å²) in [5.41, 5.74) is 0.589. The third kappa shape index (κ3) is 3.39. The zero-order valence-corrected chi connectivity index (χ0v) is 9.98. The number of carboxylic acids is 1. The minimum absolute atomic E-state index is 0.241. The van der Waals surface area contributed by atoms with Gasteiger partial charge in [0.25, 0.3) is 0 Å². The molecule has 0 spiro atoms. The van der Waals surface area contributed by atoms with Gasteiger partial charge in [-0.25, -0.2) is 0 Å². The molecule has 6 heteroatoms. The molecule has 0 amide bonds. The highest BCUT2D eigenvalue weighted by Gasteiger charge is 2.35. The Morgan fingerprint density at radius 1 is 1.32 bits per heavy atom. The van der Waals surface area contributed by atoms with Gasteiger partial charge < -0.3 is 9.84 Å². The fourth-order valence-corrected chi connectivity index (χ4v) is 2.60. The van der Waals surface area contributed by atoms with Gasteiger partial charge in [0.05, 0.1) is 5.92 Å². The van der Waals surface area contributed by atoms with Crippen LogP contribution in [0, 0.1) is 5.92 Å². The summed E-state index contributed by atoms with van der Waals surface area (Å²) in [6, 6.07) is 5.59. The summed E-state index contributed by atoms with van der Waals surface area (Å²) in [5, 5.41) is 9.09. The van der Waals surface area contributed by atoms with E-state index in [2.05, 4.69) is 4.74 Å². The van der Waals surface area contributed by atoms with E-state index >= 15 is 0 Å². The van der Waals surface area contributed by atoms with Gasteiger partial charge in [0.15, 0.2) is 0 Å². The topological polar surface area (TPSA) is 46.5 Å². The average molecular weight is 274 g/mol. The quantitative estimate of drug-likeness (QED) is 0.916. The molecule has 0 aromatic heterocycles. The number of alkyl halides is 3. The third-order valence-corrected chi connectivity index (χ3v) is 3.35. The largest absolute Gasteiger partial charge is 0.573 e. The number of carboxylic acid groups (broad SMARTS) is 1. The van der Waals surface area contributed by atoms with E-state index in [1.54, 1.807) is 6.07 Å². The molecule has 1 aliphatic rings. The number of aliphatic carboxylic acids is 1. The standard InChI is InChI=1S/C13H13F3O3/c14-13(15,16)19-9-4-1-3-8(7-9)10-5-2-6-11(10)12(17)18/h1,3-4,7,10-11H,2,5-6H2,(H,17,18). The molecular formula is C13H13F3O3. The molecule has 19 heavy (non-hydrogen) atoms. The van der Waals surface area contributed by atoms with Gasteiger partial charge in [-0.15, -0.1) is 13.2 Å². The summed E-state index contributed by atoms with van der Waals surface area (Å²) >= 11 is 0. The average Bonchev–Trinajstić information content (AvgIpc) is 2.75. The summed E-state index contributed by atoms with van der Waals surface area (Å²) in [4.78, 5) is 11.1. The predicted molar refractivity (Wildman–Crippen MR) is 60.8 cm³/mol. The normalized spacial score (nSPS) is 23.3. The Morgan fingerprint density at radius 3 is 2.68 bits per heavy atom. The molecule has 0 heterocycles. The lowest BCUT2D eigenvalue weighted by molar-refractivity contribution is -0.274. The number of ether oxygens (including phenoxy) is 1. The third-order valence-electron chi connectivity index (χ3n) is 3.35. The van der Waals surface area contributed by atoms with E-state index in [0.717, 1.165) is 6.42 Å². The van der Waals surface area contributed by atoms with Crippen LogP contribution in [-0.4, -0.2) is 17.4 Å². The van der Waals surface area contributed by atoms with Crippen molar-refractivity contribution in [1.82, 2.24) is 0 Å². The predicted octanol–water partition coefficient (Wildman–Crippen LogP) is 3.55. The lowest BCUT2D eigenvalue weighted by atomic mass is 9.89. The summed E-state index contributed by atoms with van der Waals surface area (Å²) in [6.45, 7) is 0. The van der Waals surface area contributed by atoms with Gasteiger partial charge in [0.2, 0.25) is 0 Å². The van der Waals surface area contributed by atoms with Crippen LogP contribution in [0.4, 0.5) is 13.2 Å². The maximum absolute atomic E-state index is 12.1. The highest BCUT2D eigenvalue weighted by molar-refractivity contribution is 5.72.